The second-order valence-corrected chi connectivity index (χ2v) is 5.93. The third kappa shape index (κ3) is 3.84. The van der Waals surface area contributed by atoms with Crippen molar-refractivity contribution < 1.29 is 14.6 Å². The third-order valence-electron chi connectivity index (χ3n) is 3.48. The molecule has 1 aliphatic rings. The zero-order valence-corrected chi connectivity index (χ0v) is 12.9. The first kappa shape index (κ1) is 15.1. The van der Waals surface area contributed by atoms with E-state index < -0.39 is 5.60 Å². The van der Waals surface area contributed by atoms with Crippen molar-refractivity contribution in [1.29, 1.82) is 0 Å². The van der Waals surface area contributed by atoms with E-state index in [1.165, 1.54) is 6.08 Å². The minimum Gasteiger partial charge on any atom is -0.496 e. The van der Waals surface area contributed by atoms with Crippen LogP contribution < -0.4 is 10.1 Å². The summed E-state index contributed by atoms with van der Waals surface area (Å²) >= 11 is 3.38. The molecule has 0 aromatic heterocycles. The largest absolute Gasteiger partial charge is 0.496 e. The molecule has 0 bridgehead atoms. The number of carbonyl (C=O) groups is 1. The Morgan fingerprint density at radius 1 is 1.55 bits per heavy atom. The summed E-state index contributed by atoms with van der Waals surface area (Å²) in [6.07, 6.45) is 5.69. The predicted molar refractivity (Wildman–Crippen MR) is 81.5 cm³/mol. The smallest absolute Gasteiger partial charge is 0.244 e. The van der Waals surface area contributed by atoms with Crippen LogP contribution in [0.4, 0.5) is 0 Å². The molecule has 0 aliphatic heterocycles. The van der Waals surface area contributed by atoms with Crippen molar-refractivity contribution in [3.63, 3.8) is 0 Å². The average Bonchev–Trinajstić information content (AvgIpc) is 2.41. The maximum absolute atomic E-state index is 11.7. The average molecular weight is 340 g/mol. The van der Waals surface area contributed by atoms with Crippen LogP contribution >= 0.6 is 15.9 Å². The highest BCUT2D eigenvalue weighted by molar-refractivity contribution is 9.10. The van der Waals surface area contributed by atoms with Gasteiger partial charge in [-0.05, 0) is 43.5 Å². The molecule has 0 spiro atoms. The lowest BCUT2D eigenvalue weighted by Crippen LogP contribution is -2.47. The minimum absolute atomic E-state index is 0.215. The van der Waals surface area contributed by atoms with Crippen molar-refractivity contribution in [3.05, 3.63) is 34.3 Å². The fourth-order valence-electron chi connectivity index (χ4n) is 2.07. The molecule has 5 heteroatoms. The fraction of sp³-hybridized carbons (Fsp3) is 0.400. The van der Waals surface area contributed by atoms with Crippen LogP contribution in [0, 0.1) is 0 Å². The van der Waals surface area contributed by atoms with Crippen LogP contribution in [0.2, 0.25) is 0 Å². The number of methoxy groups -OCH3 is 1. The van der Waals surface area contributed by atoms with E-state index in [0.717, 1.165) is 29.3 Å². The van der Waals surface area contributed by atoms with Crippen LogP contribution in [0.3, 0.4) is 0 Å². The molecule has 0 radical (unpaired) electrons. The molecule has 1 saturated carbocycles. The molecular formula is C15H18BrNO3. The highest BCUT2D eigenvalue weighted by atomic mass is 79.9. The van der Waals surface area contributed by atoms with Gasteiger partial charge in [-0.15, -0.1) is 0 Å². The van der Waals surface area contributed by atoms with Crippen molar-refractivity contribution in [3.8, 4) is 5.75 Å². The molecule has 2 N–H and O–H groups in total. The maximum atomic E-state index is 11.7. The molecule has 1 fully saturated rings. The predicted octanol–water partition coefficient (Wildman–Crippen LogP) is 2.50. The summed E-state index contributed by atoms with van der Waals surface area (Å²) in [5.41, 5.74) is 0.121. The van der Waals surface area contributed by atoms with Gasteiger partial charge in [0.25, 0.3) is 0 Å². The van der Waals surface area contributed by atoms with Crippen molar-refractivity contribution in [2.45, 2.75) is 24.9 Å². The molecule has 20 heavy (non-hydrogen) atoms. The summed E-state index contributed by atoms with van der Waals surface area (Å²) in [7, 11) is 1.59. The Hall–Kier alpha value is -1.33. The van der Waals surface area contributed by atoms with Gasteiger partial charge in [0.15, 0.2) is 0 Å². The number of carbonyl (C=O) groups excluding carboxylic acids is 1. The summed E-state index contributed by atoms with van der Waals surface area (Å²) in [4.78, 5) is 11.7. The Morgan fingerprint density at radius 2 is 2.30 bits per heavy atom. The van der Waals surface area contributed by atoms with Gasteiger partial charge in [0.2, 0.25) is 5.91 Å². The van der Waals surface area contributed by atoms with Gasteiger partial charge in [-0.2, -0.15) is 0 Å². The van der Waals surface area contributed by atoms with Crippen LogP contribution in [0.25, 0.3) is 6.08 Å². The van der Waals surface area contributed by atoms with E-state index >= 15 is 0 Å². The molecule has 1 aromatic rings. The van der Waals surface area contributed by atoms with Gasteiger partial charge in [0.05, 0.1) is 12.7 Å². The Morgan fingerprint density at radius 3 is 2.90 bits per heavy atom. The fourth-order valence-corrected chi connectivity index (χ4v) is 2.45. The quantitative estimate of drug-likeness (QED) is 0.810. The molecule has 108 valence electrons. The highest BCUT2D eigenvalue weighted by Crippen LogP contribution is 2.30. The number of hydrogen-bond acceptors (Lipinski definition) is 3. The summed E-state index contributed by atoms with van der Waals surface area (Å²) in [6.45, 7) is 0.311. The van der Waals surface area contributed by atoms with Crippen molar-refractivity contribution in [2.24, 2.45) is 0 Å². The van der Waals surface area contributed by atoms with E-state index in [1.807, 2.05) is 18.2 Å². The molecule has 1 aromatic carbocycles. The minimum atomic E-state index is -0.697. The number of amides is 1. The molecule has 0 saturated heterocycles. The second kappa shape index (κ2) is 6.41. The Bertz CT molecular complexity index is 524. The molecule has 2 rings (SSSR count). The topological polar surface area (TPSA) is 58.6 Å². The van der Waals surface area contributed by atoms with E-state index in [1.54, 1.807) is 13.2 Å². The van der Waals surface area contributed by atoms with Gasteiger partial charge in [-0.3, -0.25) is 4.79 Å². The number of aliphatic hydroxyl groups is 1. The Labute approximate surface area is 127 Å². The first-order valence-electron chi connectivity index (χ1n) is 6.54. The molecule has 0 heterocycles. The van der Waals surface area contributed by atoms with E-state index in [-0.39, 0.29) is 5.91 Å². The molecule has 0 unspecified atom stereocenters. The number of halogens is 1. The van der Waals surface area contributed by atoms with E-state index in [9.17, 15) is 9.90 Å². The van der Waals surface area contributed by atoms with Crippen LogP contribution in [-0.2, 0) is 4.79 Å². The molecule has 4 nitrogen and oxygen atoms in total. The summed E-state index contributed by atoms with van der Waals surface area (Å²) < 4.78 is 6.15. The van der Waals surface area contributed by atoms with Gasteiger partial charge in [0.1, 0.15) is 5.75 Å². The zero-order valence-electron chi connectivity index (χ0n) is 11.4. The van der Waals surface area contributed by atoms with E-state index in [2.05, 4.69) is 21.2 Å². The van der Waals surface area contributed by atoms with Crippen LogP contribution in [-0.4, -0.2) is 30.3 Å². The highest BCUT2D eigenvalue weighted by Gasteiger charge is 2.34. The third-order valence-corrected chi connectivity index (χ3v) is 3.98. The summed E-state index contributed by atoms with van der Waals surface area (Å²) in [5.74, 6) is 0.488. The van der Waals surface area contributed by atoms with Crippen molar-refractivity contribution >= 4 is 27.9 Å². The number of rotatable bonds is 5. The normalized spacial score (nSPS) is 16.8. The van der Waals surface area contributed by atoms with Crippen molar-refractivity contribution in [2.75, 3.05) is 13.7 Å². The lowest BCUT2D eigenvalue weighted by Gasteiger charge is -2.36. The molecule has 1 aliphatic carbocycles. The molecule has 1 amide bonds. The van der Waals surface area contributed by atoms with Crippen LogP contribution in [0.1, 0.15) is 24.8 Å². The van der Waals surface area contributed by atoms with Crippen LogP contribution in [0.15, 0.2) is 28.7 Å². The van der Waals surface area contributed by atoms with E-state index in [0.29, 0.717) is 12.3 Å². The molecular weight excluding hydrogens is 322 g/mol. The lowest BCUT2D eigenvalue weighted by atomic mass is 9.80. The Kier molecular flexibility index (Phi) is 4.83. The van der Waals surface area contributed by atoms with Gasteiger partial charge in [-0.1, -0.05) is 15.9 Å². The lowest BCUT2D eigenvalue weighted by molar-refractivity contribution is -0.118. The number of hydrogen-bond donors (Lipinski definition) is 2. The maximum Gasteiger partial charge on any atom is 0.244 e. The SMILES string of the molecule is COc1ccc(Br)cc1/C=C/C(=O)NCC1(O)CCC1. The zero-order chi connectivity index (χ0) is 14.6. The van der Waals surface area contributed by atoms with Gasteiger partial charge >= 0.3 is 0 Å². The van der Waals surface area contributed by atoms with E-state index in [4.69, 9.17) is 4.74 Å². The summed E-state index contributed by atoms with van der Waals surface area (Å²) in [6, 6.07) is 5.59. The number of benzene rings is 1. The van der Waals surface area contributed by atoms with Crippen LogP contribution in [0.5, 0.6) is 5.75 Å². The molecule has 0 atom stereocenters. The monoisotopic (exact) mass is 339 g/mol. The van der Waals surface area contributed by atoms with Gasteiger partial charge in [-0.25, -0.2) is 0 Å². The second-order valence-electron chi connectivity index (χ2n) is 5.02. The Balaban J connectivity index is 1.94. The first-order valence-corrected chi connectivity index (χ1v) is 7.34. The number of nitrogens with one attached hydrogen (secondary N) is 1. The number of ether oxygens (including phenoxy) is 1. The van der Waals surface area contributed by atoms with Gasteiger partial charge < -0.3 is 15.2 Å². The first-order chi connectivity index (χ1) is 9.52. The summed E-state index contributed by atoms with van der Waals surface area (Å²) in [5, 5.41) is 12.6. The van der Waals surface area contributed by atoms with Gasteiger partial charge in [0, 0.05) is 22.7 Å². The van der Waals surface area contributed by atoms with Crippen molar-refractivity contribution in [1.82, 2.24) is 5.32 Å². The standard InChI is InChI=1S/C15H18BrNO3/c1-20-13-5-4-12(16)9-11(13)3-6-14(18)17-10-15(19)7-2-8-15/h3-6,9,19H,2,7-8,10H2,1H3,(H,17,18)/b6-3+.